The van der Waals surface area contributed by atoms with Crippen LogP contribution in [0, 0.1) is 0 Å². The number of benzene rings is 1. The van der Waals surface area contributed by atoms with Gasteiger partial charge in [0.25, 0.3) is 5.91 Å². The van der Waals surface area contributed by atoms with E-state index >= 15 is 0 Å². The molecule has 0 aromatic heterocycles. The predicted molar refractivity (Wildman–Crippen MR) is 87.7 cm³/mol. The van der Waals surface area contributed by atoms with Crippen molar-refractivity contribution < 1.29 is 23.9 Å². The second kappa shape index (κ2) is 10.2. The number of hydrogen-bond donors (Lipinski definition) is 2. The van der Waals surface area contributed by atoms with Crippen LogP contribution in [0.5, 0.6) is 0 Å². The number of amides is 2. The van der Waals surface area contributed by atoms with Crippen LogP contribution in [0.25, 0.3) is 0 Å². The number of esters is 1. The molecule has 0 fully saturated rings. The highest BCUT2D eigenvalue weighted by molar-refractivity contribution is 5.89. The van der Waals surface area contributed by atoms with Crippen LogP contribution in [0.15, 0.2) is 42.5 Å². The Hall–Kier alpha value is -2.67. The van der Waals surface area contributed by atoms with Gasteiger partial charge in [0.05, 0.1) is 6.61 Å². The number of nitrogens with one attached hydrogen (secondary N) is 1. The van der Waals surface area contributed by atoms with E-state index in [0.29, 0.717) is 5.56 Å². The molecule has 0 saturated carbocycles. The van der Waals surface area contributed by atoms with Gasteiger partial charge in [0.1, 0.15) is 6.04 Å². The lowest BCUT2D eigenvalue weighted by atomic mass is 10.1. The van der Waals surface area contributed by atoms with Crippen molar-refractivity contribution in [3.63, 3.8) is 0 Å². The first-order valence-corrected chi connectivity index (χ1v) is 7.50. The number of carbonyl (C=O) groups is 3. The van der Waals surface area contributed by atoms with Crippen molar-refractivity contribution in [1.82, 2.24) is 5.32 Å². The molecular weight excluding hydrogens is 312 g/mol. The number of ether oxygens (including phenoxy) is 2. The largest absolute Gasteiger partial charge is 0.463 e. The number of nitrogens with two attached hydrogens (primary N) is 1. The monoisotopic (exact) mass is 334 g/mol. The lowest BCUT2D eigenvalue weighted by molar-refractivity contribution is -0.137. The maximum absolute atomic E-state index is 12.3. The summed E-state index contributed by atoms with van der Waals surface area (Å²) in [6.45, 7) is 1.94. The molecule has 24 heavy (non-hydrogen) atoms. The highest BCUT2D eigenvalue weighted by atomic mass is 16.5. The second-order valence-corrected chi connectivity index (χ2v) is 4.88. The molecule has 0 aliphatic carbocycles. The molecule has 0 aliphatic rings. The number of rotatable bonds is 9. The van der Waals surface area contributed by atoms with Crippen molar-refractivity contribution in [3.05, 3.63) is 48.0 Å². The average Bonchev–Trinajstić information content (AvgIpc) is 2.55. The van der Waals surface area contributed by atoms with Crippen LogP contribution in [-0.4, -0.2) is 37.5 Å². The molecule has 130 valence electrons. The van der Waals surface area contributed by atoms with Crippen LogP contribution in [-0.2, 0) is 23.9 Å². The molecular formula is C17H22N2O5. The molecule has 1 aromatic rings. The average molecular weight is 334 g/mol. The summed E-state index contributed by atoms with van der Waals surface area (Å²) in [7, 11) is 1.40. The molecule has 7 heteroatoms. The second-order valence-electron chi connectivity index (χ2n) is 4.88. The highest BCUT2D eigenvalue weighted by Crippen LogP contribution is 2.16. The number of hydrogen-bond acceptors (Lipinski definition) is 5. The predicted octanol–water partition coefficient (Wildman–Crippen LogP) is 0.854. The van der Waals surface area contributed by atoms with E-state index in [1.807, 2.05) is 6.07 Å². The van der Waals surface area contributed by atoms with Gasteiger partial charge in [0, 0.05) is 13.2 Å². The highest BCUT2D eigenvalue weighted by Gasteiger charge is 2.24. The molecule has 0 unspecified atom stereocenters. The Morgan fingerprint density at radius 1 is 1.25 bits per heavy atom. The summed E-state index contributed by atoms with van der Waals surface area (Å²) >= 11 is 0. The van der Waals surface area contributed by atoms with Crippen molar-refractivity contribution in [2.45, 2.75) is 25.5 Å². The SMILES string of the molecule is CCOC(=O)/C=C/C[C@H](NC(=O)[C@H](OC)c1ccccc1)C(N)=O. The molecule has 0 radical (unpaired) electrons. The van der Waals surface area contributed by atoms with Crippen molar-refractivity contribution in [2.75, 3.05) is 13.7 Å². The summed E-state index contributed by atoms with van der Waals surface area (Å²) in [6, 6.07) is 7.91. The zero-order chi connectivity index (χ0) is 17.9. The smallest absolute Gasteiger partial charge is 0.330 e. The molecule has 2 amide bonds. The fourth-order valence-corrected chi connectivity index (χ4v) is 2.01. The number of primary amides is 1. The Morgan fingerprint density at radius 3 is 2.46 bits per heavy atom. The molecule has 1 rings (SSSR count). The molecule has 0 heterocycles. The molecule has 1 aromatic carbocycles. The van der Waals surface area contributed by atoms with Crippen LogP contribution in [0.1, 0.15) is 25.0 Å². The summed E-state index contributed by atoms with van der Waals surface area (Å²) < 4.78 is 9.93. The Kier molecular flexibility index (Phi) is 8.21. The summed E-state index contributed by atoms with van der Waals surface area (Å²) in [5, 5.41) is 2.53. The minimum absolute atomic E-state index is 0.0745. The van der Waals surface area contributed by atoms with E-state index < -0.39 is 29.9 Å². The van der Waals surface area contributed by atoms with E-state index in [1.54, 1.807) is 31.2 Å². The van der Waals surface area contributed by atoms with Crippen LogP contribution in [0.3, 0.4) is 0 Å². The van der Waals surface area contributed by atoms with Crippen LogP contribution >= 0.6 is 0 Å². The van der Waals surface area contributed by atoms with E-state index in [9.17, 15) is 14.4 Å². The van der Waals surface area contributed by atoms with Gasteiger partial charge in [0.15, 0.2) is 6.10 Å². The third kappa shape index (κ3) is 6.21. The van der Waals surface area contributed by atoms with Gasteiger partial charge in [-0.2, -0.15) is 0 Å². The minimum atomic E-state index is -0.954. The van der Waals surface area contributed by atoms with Gasteiger partial charge in [-0.05, 0) is 18.9 Å². The Bertz CT molecular complexity index is 586. The van der Waals surface area contributed by atoms with Gasteiger partial charge in [-0.15, -0.1) is 0 Å². The third-order valence-electron chi connectivity index (χ3n) is 3.15. The first-order chi connectivity index (χ1) is 11.5. The molecule has 2 atom stereocenters. The molecule has 0 bridgehead atoms. The van der Waals surface area contributed by atoms with Crippen molar-refractivity contribution in [1.29, 1.82) is 0 Å². The van der Waals surface area contributed by atoms with Crippen LogP contribution < -0.4 is 11.1 Å². The van der Waals surface area contributed by atoms with Crippen LogP contribution in [0.2, 0.25) is 0 Å². The standard InChI is InChI=1S/C17H22N2O5/c1-3-24-14(20)11-7-10-13(16(18)21)19-17(22)15(23-2)12-8-5-4-6-9-12/h4-9,11,13,15H,3,10H2,1-2H3,(H2,18,21)(H,19,22)/b11-7+/t13-,15+/m0/s1. The Balaban J connectivity index is 2.71. The number of methoxy groups -OCH3 is 1. The first kappa shape index (κ1) is 19.4. The third-order valence-corrected chi connectivity index (χ3v) is 3.15. The molecule has 7 nitrogen and oxygen atoms in total. The number of carbonyl (C=O) groups excluding carboxylic acids is 3. The lowest BCUT2D eigenvalue weighted by Gasteiger charge is -2.19. The fraction of sp³-hybridized carbons (Fsp3) is 0.353. The van der Waals surface area contributed by atoms with Gasteiger partial charge in [0.2, 0.25) is 5.91 Å². The fourth-order valence-electron chi connectivity index (χ4n) is 2.01. The van der Waals surface area contributed by atoms with E-state index in [0.717, 1.165) is 0 Å². The van der Waals surface area contributed by atoms with Crippen molar-refractivity contribution >= 4 is 17.8 Å². The summed E-state index contributed by atoms with van der Waals surface area (Å²) in [5.74, 6) is -1.72. The summed E-state index contributed by atoms with van der Waals surface area (Å²) in [6.07, 6.45) is 1.84. The van der Waals surface area contributed by atoms with E-state index in [1.165, 1.54) is 19.3 Å². The van der Waals surface area contributed by atoms with Gasteiger partial charge in [-0.1, -0.05) is 36.4 Å². The lowest BCUT2D eigenvalue weighted by Crippen LogP contribution is -2.46. The maximum Gasteiger partial charge on any atom is 0.330 e. The van der Waals surface area contributed by atoms with E-state index in [4.69, 9.17) is 15.2 Å². The molecule has 0 aliphatic heterocycles. The molecule has 3 N–H and O–H groups in total. The van der Waals surface area contributed by atoms with Crippen LogP contribution in [0.4, 0.5) is 0 Å². The van der Waals surface area contributed by atoms with E-state index in [-0.39, 0.29) is 13.0 Å². The van der Waals surface area contributed by atoms with E-state index in [2.05, 4.69) is 5.32 Å². The summed E-state index contributed by atoms with van der Waals surface area (Å²) in [5.41, 5.74) is 5.95. The van der Waals surface area contributed by atoms with Gasteiger partial charge >= 0.3 is 5.97 Å². The van der Waals surface area contributed by atoms with Crippen molar-refractivity contribution in [3.8, 4) is 0 Å². The van der Waals surface area contributed by atoms with Crippen molar-refractivity contribution in [2.24, 2.45) is 5.73 Å². The minimum Gasteiger partial charge on any atom is -0.463 e. The molecule has 0 saturated heterocycles. The topological polar surface area (TPSA) is 108 Å². The zero-order valence-corrected chi connectivity index (χ0v) is 13.7. The van der Waals surface area contributed by atoms with Gasteiger partial charge in [-0.3, -0.25) is 9.59 Å². The normalized spacial score (nSPS) is 13.2. The quantitative estimate of drug-likeness (QED) is 0.514. The zero-order valence-electron chi connectivity index (χ0n) is 13.7. The first-order valence-electron chi connectivity index (χ1n) is 7.50. The molecule has 0 spiro atoms. The van der Waals surface area contributed by atoms with Gasteiger partial charge in [-0.25, -0.2) is 4.79 Å². The Morgan fingerprint density at radius 2 is 1.92 bits per heavy atom. The maximum atomic E-state index is 12.3. The van der Waals surface area contributed by atoms with Gasteiger partial charge < -0.3 is 20.5 Å². The summed E-state index contributed by atoms with van der Waals surface area (Å²) in [4.78, 5) is 35.1. The Labute approximate surface area is 140 Å².